The molecule has 0 aromatic heterocycles. The largest absolute Gasteiger partial charge is 0.494 e. The number of benzene rings is 1. The molecule has 2 rings (SSSR count). The normalized spacial score (nSPS) is 20.2. The van der Waals surface area contributed by atoms with E-state index in [0.29, 0.717) is 19.7 Å². The fourth-order valence-electron chi connectivity index (χ4n) is 2.31. The Balaban J connectivity index is 2.06. The van der Waals surface area contributed by atoms with E-state index in [0.717, 1.165) is 24.4 Å². The zero-order valence-electron chi connectivity index (χ0n) is 11.1. The number of carboxylic acids is 1. The predicted octanol–water partition coefficient (Wildman–Crippen LogP) is 0.944. The molecule has 1 unspecified atom stereocenters. The van der Waals surface area contributed by atoms with Crippen LogP contribution >= 0.6 is 0 Å². The van der Waals surface area contributed by atoms with Gasteiger partial charge in [-0.1, -0.05) is 12.1 Å². The van der Waals surface area contributed by atoms with Gasteiger partial charge in [0.2, 0.25) is 0 Å². The number of carboxylic acid groups (broad SMARTS) is 1. The van der Waals surface area contributed by atoms with Crippen LogP contribution in [0.4, 0.5) is 0 Å². The number of rotatable bonds is 5. The Morgan fingerprint density at radius 1 is 1.58 bits per heavy atom. The van der Waals surface area contributed by atoms with Gasteiger partial charge >= 0.3 is 5.97 Å². The Labute approximate surface area is 113 Å². The third kappa shape index (κ3) is 3.68. The van der Waals surface area contributed by atoms with Crippen molar-refractivity contribution in [3.63, 3.8) is 0 Å². The molecule has 2 N–H and O–H groups in total. The van der Waals surface area contributed by atoms with Gasteiger partial charge in [0, 0.05) is 26.2 Å². The van der Waals surface area contributed by atoms with Crippen molar-refractivity contribution < 1.29 is 14.6 Å². The van der Waals surface area contributed by atoms with Crippen molar-refractivity contribution in [2.45, 2.75) is 19.5 Å². The summed E-state index contributed by atoms with van der Waals surface area (Å²) in [5.41, 5.74) is 1.08. The number of ether oxygens (including phenoxy) is 1. The molecule has 1 aromatic rings. The number of hydrogen-bond acceptors (Lipinski definition) is 4. The number of nitrogens with one attached hydrogen (secondary N) is 1. The van der Waals surface area contributed by atoms with E-state index < -0.39 is 12.0 Å². The van der Waals surface area contributed by atoms with Crippen molar-refractivity contribution >= 4 is 5.97 Å². The quantitative estimate of drug-likeness (QED) is 0.829. The van der Waals surface area contributed by atoms with Crippen molar-refractivity contribution in [2.24, 2.45) is 0 Å². The van der Waals surface area contributed by atoms with Gasteiger partial charge in [-0.3, -0.25) is 9.69 Å². The highest BCUT2D eigenvalue weighted by Crippen LogP contribution is 2.16. The summed E-state index contributed by atoms with van der Waals surface area (Å²) in [6, 6.07) is 7.38. The van der Waals surface area contributed by atoms with E-state index in [4.69, 9.17) is 4.74 Å². The first-order chi connectivity index (χ1) is 9.20. The maximum Gasteiger partial charge on any atom is 0.322 e. The molecule has 0 amide bonds. The molecule has 1 saturated heterocycles. The maximum atomic E-state index is 11.2. The Bertz CT molecular complexity index is 436. The zero-order chi connectivity index (χ0) is 13.7. The minimum absolute atomic E-state index is 0.454. The van der Waals surface area contributed by atoms with Crippen LogP contribution in [0.5, 0.6) is 5.75 Å². The summed E-state index contributed by atoms with van der Waals surface area (Å²) in [4.78, 5) is 13.2. The van der Waals surface area contributed by atoms with Crippen LogP contribution in [0.3, 0.4) is 0 Å². The zero-order valence-corrected chi connectivity index (χ0v) is 11.1. The maximum absolute atomic E-state index is 11.2. The monoisotopic (exact) mass is 264 g/mol. The number of carbonyl (C=O) groups is 1. The van der Waals surface area contributed by atoms with Gasteiger partial charge in [-0.2, -0.15) is 0 Å². The third-order valence-electron chi connectivity index (χ3n) is 3.23. The molecule has 1 heterocycles. The lowest BCUT2D eigenvalue weighted by Gasteiger charge is -2.33. The molecule has 19 heavy (non-hydrogen) atoms. The predicted molar refractivity (Wildman–Crippen MR) is 72.3 cm³/mol. The minimum atomic E-state index is -0.770. The SMILES string of the molecule is CCOc1cccc(CN2CCNCC2C(=O)O)c1. The summed E-state index contributed by atoms with van der Waals surface area (Å²) >= 11 is 0. The van der Waals surface area contributed by atoms with Crippen molar-refractivity contribution in [1.82, 2.24) is 10.2 Å². The Kier molecular flexibility index (Phi) is 4.76. The van der Waals surface area contributed by atoms with Gasteiger partial charge in [0.1, 0.15) is 11.8 Å². The molecule has 0 saturated carbocycles. The highest BCUT2D eigenvalue weighted by Gasteiger charge is 2.28. The second-order valence-corrected chi connectivity index (χ2v) is 4.61. The first kappa shape index (κ1) is 13.8. The summed E-state index contributed by atoms with van der Waals surface area (Å²) < 4.78 is 5.46. The molecule has 0 aliphatic carbocycles. The lowest BCUT2D eigenvalue weighted by molar-refractivity contribution is -0.144. The van der Waals surface area contributed by atoms with E-state index in [-0.39, 0.29) is 0 Å². The van der Waals surface area contributed by atoms with Gasteiger partial charge in [-0.25, -0.2) is 0 Å². The van der Waals surface area contributed by atoms with Crippen molar-refractivity contribution in [3.05, 3.63) is 29.8 Å². The molecule has 0 spiro atoms. The van der Waals surface area contributed by atoms with E-state index >= 15 is 0 Å². The summed E-state index contributed by atoms with van der Waals surface area (Å²) in [5, 5.41) is 12.3. The van der Waals surface area contributed by atoms with Crippen molar-refractivity contribution in [1.29, 1.82) is 0 Å². The standard InChI is InChI=1S/C14H20N2O3/c1-2-19-12-5-3-4-11(8-12)10-16-7-6-15-9-13(16)14(17)18/h3-5,8,13,15H,2,6-7,9-10H2,1H3,(H,17,18). The topological polar surface area (TPSA) is 61.8 Å². The molecular weight excluding hydrogens is 244 g/mol. The molecule has 5 heteroatoms. The van der Waals surface area contributed by atoms with Gasteiger partial charge < -0.3 is 15.2 Å². The molecule has 1 aromatic carbocycles. The lowest BCUT2D eigenvalue weighted by atomic mass is 10.1. The molecule has 0 radical (unpaired) electrons. The van der Waals surface area contributed by atoms with Crippen LogP contribution in [0.1, 0.15) is 12.5 Å². The average Bonchev–Trinajstić information content (AvgIpc) is 2.40. The number of hydrogen-bond donors (Lipinski definition) is 2. The summed E-state index contributed by atoms with van der Waals surface area (Å²) in [7, 11) is 0. The van der Waals surface area contributed by atoms with Gasteiger partial charge in [-0.15, -0.1) is 0 Å². The fraction of sp³-hybridized carbons (Fsp3) is 0.500. The second kappa shape index (κ2) is 6.54. The van der Waals surface area contributed by atoms with E-state index in [1.165, 1.54) is 0 Å². The summed E-state index contributed by atoms with van der Waals surface area (Å²) in [5.74, 6) is 0.0650. The lowest BCUT2D eigenvalue weighted by Crippen LogP contribution is -2.54. The smallest absolute Gasteiger partial charge is 0.322 e. The van der Waals surface area contributed by atoms with Crippen LogP contribution in [0.15, 0.2) is 24.3 Å². The molecule has 1 atom stereocenters. The first-order valence-corrected chi connectivity index (χ1v) is 6.60. The van der Waals surface area contributed by atoms with E-state index in [1.807, 2.05) is 36.1 Å². The van der Waals surface area contributed by atoms with Gasteiger partial charge in [0.25, 0.3) is 0 Å². The Morgan fingerprint density at radius 2 is 2.42 bits per heavy atom. The van der Waals surface area contributed by atoms with E-state index in [1.54, 1.807) is 0 Å². The van der Waals surface area contributed by atoms with Crippen LogP contribution in [-0.4, -0.2) is 48.3 Å². The van der Waals surface area contributed by atoms with E-state index in [2.05, 4.69) is 5.32 Å². The Hall–Kier alpha value is -1.59. The van der Waals surface area contributed by atoms with Crippen LogP contribution < -0.4 is 10.1 Å². The molecule has 0 bridgehead atoms. The second-order valence-electron chi connectivity index (χ2n) is 4.61. The number of aliphatic carboxylic acids is 1. The van der Waals surface area contributed by atoms with Crippen LogP contribution in [-0.2, 0) is 11.3 Å². The molecule has 104 valence electrons. The summed E-state index contributed by atoms with van der Waals surface area (Å²) in [6.45, 7) is 5.29. The van der Waals surface area contributed by atoms with Gasteiger partial charge in [0.05, 0.1) is 6.61 Å². The number of nitrogens with zero attached hydrogens (tertiary/aromatic N) is 1. The molecular formula is C14H20N2O3. The van der Waals surface area contributed by atoms with Crippen LogP contribution in [0.25, 0.3) is 0 Å². The van der Waals surface area contributed by atoms with Crippen molar-refractivity contribution in [2.75, 3.05) is 26.2 Å². The first-order valence-electron chi connectivity index (χ1n) is 6.60. The highest BCUT2D eigenvalue weighted by molar-refractivity contribution is 5.74. The van der Waals surface area contributed by atoms with Gasteiger partial charge in [-0.05, 0) is 24.6 Å². The van der Waals surface area contributed by atoms with Crippen LogP contribution in [0, 0.1) is 0 Å². The fourth-order valence-corrected chi connectivity index (χ4v) is 2.31. The summed E-state index contributed by atoms with van der Waals surface area (Å²) in [6.07, 6.45) is 0. The molecule has 1 aliphatic heterocycles. The van der Waals surface area contributed by atoms with E-state index in [9.17, 15) is 9.90 Å². The highest BCUT2D eigenvalue weighted by atomic mass is 16.5. The van der Waals surface area contributed by atoms with Crippen molar-refractivity contribution in [3.8, 4) is 5.75 Å². The van der Waals surface area contributed by atoms with Gasteiger partial charge in [0.15, 0.2) is 0 Å². The van der Waals surface area contributed by atoms with Crippen LogP contribution in [0.2, 0.25) is 0 Å². The third-order valence-corrected chi connectivity index (χ3v) is 3.23. The molecule has 1 aliphatic rings. The molecule has 5 nitrogen and oxygen atoms in total. The number of piperazine rings is 1. The average molecular weight is 264 g/mol. The Morgan fingerprint density at radius 3 is 3.16 bits per heavy atom. The minimum Gasteiger partial charge on any atom is -0.494 e. The molecule has 1 fully saturated rings.